The Hall–Kier alpha value is -4.51. The first-order valence-corrected chi connectivity index (χ1v) is 11.0. The molecule has 0 unspecified atom stereocenters. The number of nitrogens with zero attached hydrogens (tertiary/aromatic N) is 4. The van der Waals surface area contributed by atoms with Gasteiger partial charge in [0, 0.05) is 21.5 Å². The number of ether oxygens (including phenoxy) is 1. The molecule has 5 aromatic rings. The summed E-state index contributed by atoms with van der Waals surface area (Å²) in [6.07, 6.45) is 1.25. The third kappa shape index (κ3) is 4.02. The summed E-state index contributed by atoms with van der Waals surface area (Å²) in [6, 6.07) is 16.6. The van der Waals surface area contributed by atoms with Gasteiger partial charge in [-0.15, -0.1) is 0 Å². The molecule has 10 nitrogen and oxygen atoms in total. The van der Waals surface area contributed by atoms with Crippen LogP contribution in [0.3, 0.4) is 0 Å². The molecule has 2 aromatic heterocycles. The molecular weight excluding hydrogens is 520 g/mol. The molecule has 0 aliphatic carbocycles. The van der Waals surface area contributed by atoms with Crippen LogP contribution in [0.5, 0.6) is 11.5 Å². The third-order valence-electron chi connectivity index (χ3n) is 5.27. The number of nitro benzene ring substituents is 1. The fourth-order valence-corrected chi connectivity index (χ4v) is 4.00. The number of hydrogen-bond donors (Lipinski definition) is 1. The van der Waals surface area contributed by atoms with Crippen molar-refractivity contribution in [2.24, 2.45) is 5.10 Å². The first-order valence-electron chi connectivity index (χ1n) is 10.2. The highest BCUT2D eigenvalue weighted by Crippen LogP contribution is 2.36. The second-order valence-corrected chi connectivity index (χ2v) is 8.37. The maximum atomic E-state index is 13.4. The van der Waals surface area contributed by atoms with Gasteiger partial charge in [-0.05, 0) is 42.5 Å². The molecular formula is C24H15BrN4O6. The van der Waals surface area contributed by atoms with E-state index in [4.69, 9.17) is 9.15 Å². The number of aromatic nitrogens is 2. The van der Waals surface area contributed by atoms with Crippen molar-refractivity contribution in [2.45, 2.75) is 0 Å². The van der Waals surface area contributed by atoms with E-state index in [9.17, 15) is 20.0 Å². The Morgan fingerprint density at radius 1 is 1.20 bits per heavy atom. The number of aromatic hydroxyl groups is 1. The van der Waals surface area contributed by atoms with Crippen LogP contribution in [-0.2, 0) is 0 Å². The van der Waals surface area contributed by atoms with Crippen LogP contribution in [0.25, 0.3) is 33.5 Å². The lowest BCUT2D eigenvalue weighted by Gasteiger charge is -2.08. The highest BCUT2D eigenvalue weighted by Gasteiger charge is 2.20. The van der Waals surface area contributed by atoms with E-state index in [0.717, 1.165) is 20.6 Å². The van der Waals surface area contributed by atoms with Crippen LogP contribution in [0, 0.1) is 10.1 Å². The summed E-state index contributed by atoms with van der Waals surface area (Å²) in [7, 11) is 1.27. The molecule has 0 radical (unpaired) electrons. The van der Waals surface area contributed by atoms with E-state index < -0.39 is 21.9 Å². The quantitative estimate of drug-likeness (QED) is 0.189. The topological polar surface area (TPSA) is 133 Å². The van der Waals surface area contributed by atoms with Crippen LogP contribution in [0.4, 0.5) is 5.69 Å². The van der Waals surface area contributed by atoms with Gasteiger partial charge in [0.05, 0.1) is 29.2 Å². The molecule has 2 heterocycles. The summed E-state index contributed by atoms with van der Waals surface area (Å²) < 4.78 is 12.9. The van der Waals surface area contributed by atoms with E-state index in [1.165, 1.54) is 19.4 Å². The zero-order valence-corrected chi connectivity index (χ0v) is 19.6. The van der Waals surface area contributed by atoms with Gasteiger partial charge < -0.3 is 14.3 Å². The minimum Gasteiger partial charge on any atom is -0.500 e. The summed E-state index contributed by atoms with van der Waals surface area (Å²) in [5.41, 5.74) is 0.273. The highest BCUT2D eigenvalue weighted by molar-refractivity contribution is 9.10. The first-order chi connectivity index (χ1) is 16.9. The molecule has 0 fully saturated rings. The number of rotatable bonds is 5. The molecule has 35 heavy (non-hydrogen) atoms. The standard InChI is InChI=1S/C24H15BrN4O6/c1-34-20-9-13(8-18(22(20)30)29(32)33)12-26-28-23(27-17-5-3-2-4-16(17)24(28)31)21-11-14-10-15(25)6-7-19(14)35-21/h2-12,30H,1H3. The van der Waals surface area contributed by atoms with Gasteiger partial charge in [-0.25, -0.2) is 4.98 Å². The molecule has 11 heteroatoms. The molecule has 0 spiro atoms. The van der Waals surface area contributed by atoms with Crippen molar-refractivity contribution in [3.8, 4) is 23.1 Å². The summed E-state index contributed by atoms with van der Waals surface area (Å²) in [6.45, 7) is 0. The number of furan rings is 1. The SMILES string of the molecule is COc1cc(C=Nn2c(-c3cc4cc(Br)ccc4o3)nc3ccccc3c2=O)cc([N+](=O)[O-])c1O. The van der Waals surface area contributed by atoms with E-state index in [2.05, 4.69) is 26.0 Å². The number of hydrogen-bond acceptors (Lipinski definition) is 8. The maximum absolute atomic E-state index is 13.4. The van der Waals surface area contributed by atoms with Crippen LogP contribution in [0.1, 0.15) is 5.56 Å². The van der Waals surface area contributed by atoms with Crippen molar-refractivity contribution in [2.75, 3.05) is 7.11 Å². The van der Waals surface area contributed by atoms with Crippen molar-refractivity contribution < 1.29 is 19.2 Å². The van der Waals surface area contributed by atoms with Crippen molar-refractivity contribution in [1.29, 1.82) is 0 Å². The lowest BCUT2D eigenvalue weighted by atomic mass is 10.2. The molecule has 0 atom stereocenters. The molecule has 3 aromatic carbocycles. The largest absolute Gasteiger partial charge is 0.500 e. The van der Waals surface area contributed by atoms with Crippen LogP contribution in [0.2, 0.25) is 0 Å². The normalized spacial score (nSPS) is 11.5. The lowest BCUT2D eigenvalue weighted by molar-refractivity contribution is -0.386. The number of phenols is 1. The Labute approximate surface area is 205 Å². The molecule has 0 saturated heterocycles. The van der Waals surface area contributed by atoms with Gasteiger partial charge in [-0.3, -0.25) is 14.9 Å². The van der Waals surface area contributed by atoms with E-state index in [-0.39, 0.29) is 17.1 Å². The Morgan fingerprint density at radius 3 is 2.77 bits per heavy atom. The van der Waals surface area contributed by atoms with E-state index in [1.54, 1.807) is 36.4 Å². The number of para-hydroxylation sites is 1. The second kappa shape index (κ2) is 8.69. The van der Waals surface area contributed by atoms with Crippen LogP contribution in [0.15, 0.2) is 79.4 Å². The van der Waals surface area contributed by atoms with Gasteiger partial charge in [0.2, 0.25) is 11.6 Å². The number of phenolic OH excluding ortho intramolecular Hbond substituents is 1. The van der Waals surface area contributed by atoms with Crippen molar-refractivity contribution >= 4 is 49.7 Å². The van der Waals surface area contributed by atoms with Gasteiger partial charge in [0.1, 0.15) is 5.58 Å². The summed E-state index contributed by atoms with van der Waals surface area (Å²) in [5.74, 6) is -0.245. The molecule has 0 saturated carbocycles. The van der Waals surface area contributed by atoms with Crippen LogP contribution < -0.4 is 10.3 Å². The summed E-state index contributed by atoms with van der Waals surface area (Å²) in [5, 5.41) is 26.8. The molecule has 5 rings (SSSR count). The van der Waals surface area contributed by atoms with Gasteiger partial charge in [-0.1, -0.05) is 28.1 Å². The van der Waals surface area contributed by atoms with Gasteiger partial charge >= 0.3 is 5.69 Å². The summed E-state index contributed by atoms with van der Waals surface area (Å²) in [4.78, 5) is 28.5. The number of methoxy groups -OCH3 is 1. The van der Waals surface area contributed by atoms with Gasteiger partial charge in [0.25, 0.3) is 5.56 Å². The predicted octanol–water partition coefficient (Wildman–Crippen LogP) is 5.08. The van der Waals surface area contributed by atoms with Crippen molar-refractivity contribution in [3.05, 3.63) is 91.2 Å². The first kappa shape index (κ1) is 22.3. The van der Waals surface area contributed by atoms with Gasteiger partial charge in [-0.2, -0.15) is 9.78 Å². The Bertz CT molecular complexity index is 1720. The van der Waals surface area contributed by atoms with Gasteiger partial charge in [0.15, 0.2) is 11.5 Å². The molecule has 0 aliphatic heterocycles. The molecule has 1 N–H and O–H groups in total. The maximum Gasteiger partial charge on any atom is 0.315 e. The van der Waals surface area contributed by atoms with E-state index in [1.807, 2.05) is 12.1 Å². The molecule has 0 amide bonds. The Kier molecular flexibility index (Phi) is 5.53. The zero-order chi connectivity index (χ0) is 24.7. The second-order valence-electron chi connectivity index (χ2n) is 7.45. The van der Waals surface area contributed by atoms with Crippen molar-refractivity contribution in [3.63, 3.8) is 0 Å². The average molecular weight is 535 g/mol. The van der Waals surface area contributed by atoms with E-state index in [0.29, 0.717) is 22.2 Å². The molecule has 0 aliphatic rings. The predicted molar refractivity (Wildman–Crippen MR) is 133 cm³/mol. The highest BCUT2D eigenvalue weighted by atomic mass is 79.9. The number of fused-ring (bicyclic) bond motifs is 2. The fourth-order valence-electron chi connectivity index (χ4n) is 3.62. The number of benzene rings is 3. The van der Waals surface area contributed by atoms with Crippen molar-refractivity contribution in [1.82, 2.24) is 9.66 Å². The van der Waals surface area contributed by atoms with Crippen LogP contribution in [-0.4, -0.2) is 33.0 Å². The molecule has 174 valence electrons. The minimum absolute atomic E-state index is 0.104. The average Bonchev–Trinajstić information content (AvgIpc) is 3.27. The zero-order valence-electron chi connectivity index (χ0n) is 18.0. The van der Waals surface area contributed by atoms with E-state index >= 15 is 0 Å². The Balaban J connectivity index is 1.72. The monoisotopic (exact) mass is 534 g/mol. The minimum atomic E-state index is -0.739. The summed E-state index contributed by atoms with van der Waals surface area (Å²) >= 11 is 3.43. The molecule has 0 bridgehead atoms. The Morgan fingerprint density at radius 2 is 2.00 bits per heavy atom. The lowest BCUT2D eigenvalue weighted by Crippen LogP contribution is -2.20. The van der Waals surface area contributed by atoms with Crippen LogP contribution >= 0.6 is 15.9 Å². The smallest absolute Gasteiger partial charge is 0.315 e. The third-order valence-corrected chi connectivity index (χ3v) is 5.76. The fraction of sp³-hybridized carbons (Fsp3) is 0.0417. The number of nitro groups is 1. The number of halogens is 1.